The van der Waals surface area contributed by atoms with Crippen molar-refractivity contribution in [3.63, 3.8) is 0 Å². The quantitative estimate of drug-likeness (QED) is 0.0704. The van der Waals surface area contributed by atoms with Crippen LogP contribution < -0.4 is 0 Å². The van der Waals surface area contributed by atoms with E-state index in [0.717, 1.165) is 19.1 Å². The molecule has 0 aliphatic heterocycles. The Morgan fingerprint density at radius 1 is 0.800 bits per heavy atom. The Hall–Kier alpha value is -0.510. The second-order valence-electron chi connectivity index (χ2n) is 9.29. The van der Waals surface area contributed by atoms with E-state index >= 15 is 0 Å². The third kappa shape index (κ3) is 19.3. The molecule has 210 valence electrons. The zero-order chi connectivity index (χ0) is 26.5. The number of rotatable bonds is 24. The number of unbranched alkanes of at least 4 members (excludes halogenated alkanes) is 11. The zero-order valence-electron chi connectivity index (χ0n) is 23.2. The lowest BCUT2D eigenvalue weighted by Gasteiger charge is -2.32. The van der Waals surface area contributed by atoms with Crippen LogP contribution in [0.1, 0.15) is 112 Å². The van der Waals surface area contributed by atoms with E-state index in [2.05, 4.69) is 6.92 Å². The predicted molar refractivity (Wildman–Crippen MR) is 143 cm³/mol. The van der Waals surface area contributed by atoms with Gasteiger partial charge in [-0.3, -0.25) is 4.18 Å². The SMILES string of the molecule is CCCCCCCCCCCCCC=CC(OC(C)OCC)C(O)C(OS(C)(=O)=O)C(C)OCC. The van der Waals surface area contributed by atoms with Gasteiger partial charge in [-0.15, -0.1) is 0 Å². The Morgan fingerprint density at radius 3 is 1.80 bits per heavy atom. The summed E-state index contributed by atoms with van der Waals surface area (Å²) < 4.78 is 45.7. The zero-order valence-corrected chi connectivity index (χ0v) is 24.1. The van der Waals surface area contributed by atoms with Crippen molar-refractivity contribution in [2.45, 2.75) is 142 Å². The summed E-state index contributed by atoms with van der Waals surface area (Å²) in [7, 11) is -3.80. The Kier molecular flexibility index (Phi) is 21.2. The molecule has 0 rings (SSSR count). The van der Waals surface area contributed by atoms with Crippen LogP contribution in [0.4, 0.5) is 0 Å². The monoisotopic (exact) mass is 522 g/mol. The first kappa shape index (κ1) is 34.5. The predicted octanol–water partition coefficient (Wildman–Crippen LogP) is 6.14. The van der Waals surface area contributed by atoms with E-state index in [-0.39, 0.29) is 0 Å². The fraction of sp³-hybridized carbons (Fsp3) is 0.926. The van der Waals surface area contributed by atoms with Gasteiger partial charge in [-0.2, -0.15) is 8.42 Å². The number of aliphatic hydroxyl groups is 1. The van der Waals surface area contributed by atoms with Crippen molar-refractivity contribution in [2.24, 2.45) is 0 Å². The van der Waals surface area contributed by atoms with Gasteiger partial charge in [0.25, 0.3) is 10.1 Å². The average Bonchev–Trinajstić information content (AvgIpc) is 2.79. The standard InChI is InChI=1S/C27H54O7S/c1-7-10-11-12-13-14-15-16-17-18-19-20-21-22-25(33-24(5)32-9-3)26(28)27(23(4)31-8-2)34-35(6,29)30/h21-28H,7-20H2,1-6H3. The summed E-state index contributed by atoms with van der Waals surface area (Å²) in [6, 6.07) is 0. The molecule has 0 heterocycles. The maximum Gasteiger partial charge on any atom is 0.264 e. The molecular formula is C27H54O7S. The van der Waals surface area contributed by atoms with E-state index in [0.29, 0.717) is 13.2 Å². The van der Waals surface area contributed by atoms with Crippen molar-refractivity contribution >= 4 is 10.1 Å². The lowest BCUT2D eigenvalue weighted by Crippen LogP contribution is -2.48. The molecule has 0 aliphatic rings. The lowest BCUT2D eigenvalue weighted by molar-refractivity contribution is -0.185. The first-order valence-corrected chi connectivity index (χ1v) is 15.6. The highest BCUT2D eigenvalue weighted by atomic mass is 32.2. The van der Waals surface area contributed by atoms with Crippen molar-refractivity contribution in [1.29, 1.82) is 0 Å². The molecule has 0 fully saturated rings. The smallest absolute Gasteiger partial charge is 0.264 e. The molecule has 0 amide bonds. The molecule has 35 heavy (non-hydrogen) atoms. The molecule has 0 saturated heterocycles. The van der Waals surface area contributed by atoms with Crippen LogP contribution in [0, 0.1) is 0 Å². The molecule has 0 aromatic heterocycles. The number of ether oxygens (including phenoxy) is 3. The molecule has 0 aromatic carbocycles. The summed E-state index contributed by atoms with van der Waals surface area (Å²) in [5, 5.41) is 11.0. The van der Waals surface area contributed by atoms with Crippen molar-refractivity contribution in [3.8, 4) is 0 Å². The van der Waals surface area contributed by atoms with Gasteiger partial charge >= 0.3 is 0 Å². The molecule has 7 nitrogen and oxygen atoms in total. The second kappa shape index (κ2) is 21.6. The largest absolute Gasteiger partial charge is 0.387 e. The van der Waals surface area contributed by atoms with Gasteiger partial charge in [-0.25, -0.2) is 0 Å². The lowest BCUT2D eigenvalue weighted by atomic mass is 10.0. The molecule has 0 saturated carbocycles. The van der Waals surface area contributed by atoms with Crippen LogP contribution in [0.2, 0.25) is 0 Å². The first-order chi connectivity index (χ1) is 16.7. The van der Waals surface area contributed by atoms with Gasteiger partial charge in [0.1, 0.15) is 18.3 Å². The van der Waals surface area contributed by atoms with Crippen LogP contribution in [0.15, 0.2) is 12.2 Å². The highest BCUT2D eigenvalue weighted by Crippen LogP contribution is 2.19. The molecule has 8 heteroatoms. The number of allylic oxidation sites excluding steroid dienone is 1. The number of hydrogen-bond acceptors (Lipinski definition) is 7. The molecule has 0 aromatic rings. The molecule has 0 radical (unpaired) electrons. The maximum atomic E-state index is 11.8. The van der Waals surface area contributed by atoms with Crippen molar-refractivity contribution < 1.29 is 31.9 Å². The van der Waals surface area contributed by atoms with Crippen LogP contribution >= 0.6 is 0 Å². The van der Waals surface area contributed by atoms with Crippen LogP contribution in [-0.4, -0.2) is 63.7 Å². The maximum absolute atomic E-state index is 11.8. The third-order valence-electron chi connectivity index (χ3n) is 5.90. The summed E-state index contributed by atoms with van der Waals surface area (Å²) in [6.07, 6.45) is 15.4. The normalized spacial score (nSPS) is 16.9. The van der Waals surface area contributed by atoms with E-state index in [4.69, 9.17) is 18.4 Å². The van der Waals surface area contributed by atoms with Crippen LogP contribution in [-0.2, 0) is 28.5 Å². The summed E-state index contributed by atoms with van der Waals surface area (Å²) >= 11 is 0. The fourth-order valence-corrected chi connectivity index (χ4v) is 4.73. The van der Waals surface area contributed by atoms with Gasteiger partial charge in [0.2, 0.25) is 0 Å². The highest BCUT2D eigenvalue weighted by Gasteiger charge is 2.36. The summed E-state index contributed by atoms with van der Waals surface area (Å²) in [6.45, 7) is 10.2. The van der Waals surface area contributed by atoms with E-state index in [1.54, 1.807) is 26.8 Å². The first-order valence-electron chi connectivity index (χ1n) is 13.8. The molecule has 5 unspecified atom stereocenters. The van der Waals surface area contributed by atoms with E-state index in [1.807, 2.05) is 13.0 Å². The Balaban J connectivity index is 4.73. The Morgan fingerprint density at radius 2 is 1.31 bits per heavy atom. The third-order valence-corrected chi connectivity index (χ3v) is 6.47. The second-order valence-corrected chi connectivity index (χ2v) is 10.9. The number of hydrogen-bond donors (Lipinski definition) is 1. The van der Waals surface area contributed by atoms with Gasteiger partial charge in [0.15, 0.2) is 6.29 Å². The molecule has 5 atom stereocenters. The van der Waals surface area contributed by atoms with Gasteiger partial charge in [-0.05, 0) is 40.5 Å². The molecule has 0 bridgehead atoms. The summed E-state index contributed by atoms with van der Waals surface area (Å²) in [5.74, 6) is 0. The van der Waals surface area contributed by atoms with Gasteiger partial charge in [0, 0.05) is 13.2 Å². The van der Waals surface area contributed by atoms with Crippen LogP contribution in [0.25, 0.3) is 0 Å². The number of aliphatic hydroxyl groups excluding tert-OH is 1. The topological polar surface area (TPSA) is 91.3 Å². The molecular weight excluding hydrogens is 468 g/mol. The summed E-state index contributed by atoms with van der Waals surface area (Å²) in [4.78, 5) is 0. The minimum absolute atomic E-state index is 0.368. The van der Waals surface area contributed by atoms with Crippen molar-refractivity contribution in [3.05, 3.63) is 12.2 Å². The minimum Gasteiger partial charge on any atom is -0.387 e. The van der Waals surface area contributed by atoms with Gasteiger partial charge in [0.05, 0.1) is 12.4 Å². The van der Waals surface area contributed by atoms with E-state index in [1.165, 1.54) is 64.2 Å². The van der Waals surface area contributed by atoms with Crippen molar-refractivity contribution in [1.82, 2.24) is 0 Å². The van der Waals surface area contributed by atoms with Crippen molar-refractivity contribution in [2.75, 3.05) is 19.5 Å². The Bertz CT molecular complexity index is 609. The minimum atomic E-state index is -3.80. The highest BCUT2D eigenvalue weighted by molar-refractivity contribution is 7.86. The van der Waals surface area contributed by atoms with Crippen LogP contribution in [0.5, 0.6) is 0 Å². The van der Waals surface area contributed by atoms with E-state index in [9.17, 15) is 13.5 Å². The fourth-order valence-electron chi connectivity index (χ4n) is 4.05. The Labute approximate surface area is 216 Å². The molecule has 1 N–H and O–H groups in total. The van der Waals surface area contributed by atoms with Crippen LogP contribution in [0.3, 0.4) is 0 Å². The van der Waals surface area contributed by atoms with Gasteiger partial charge in [-0.1, -0.05) is 83.3 Å². The molecule has 0 aliphatic carbocycles. The summed E-state index contributed by atoms with van der Waals surface area (Å²) in [5.41, 5.74) is 0. The van der Waals surface area contributed by atoms with Gasteiger partial charge < -0.3 is 19.3 Å². The molecule has 0 spiro atoms. The average molecular weight is 523 g/mol. The van der Waals surface area contributed by atoms with E-state index < -0.39 is 40.8 Å².